The lowest BCUT2D eigenvalue weighted by Crippen LogP contribution is -2.04. The average molecular weight is 171 g/mol. The van der Waals surface area contributed by atoms with Crippen LogP contribution in [0.3, 0.4) is 0 Å². The summed E-state index contributed by atoms with van der Waals surface area (Å²) >= 11 is 0. The smallest absolute Gasteiger partial charge is 0.417 e. The van der Waals surface area contributed by atoms with E-state index in [1.165, 1.54) is 19.3 Å². The second kappa shape index (κ2) is 6.04. The van der Waals surface area contributed by atoms with Gasteiger partial charge in [0.15, 0.2) is 0 Å². The molecular formula is C10H19O2. The van der Waals surface area contributed by atoms with Gasteiger partial charge in [-0.25, -0.2) is 4.79 Å². The monoisotopic (exact) mass is 171 g/mol. The van der Waals surface area contributed by atoms with E-state index in [1.807, 2.05) is 0 Å². The fraction of sp³-hybridized carbons (Fsp3) is 0.900. The van der Waals surface area contributed by atoms with E-state index in [1.54, 1.807) is 0 Å². The van der Waals surface area contributed by atoms with Crippen molar-refractivity contribution in [2.45, 2.75) is 46.5 Å². The third-order valence-electron chi connectivity index (χ3n) is 1.73. The quantitative estimate of drug-likeness (QED) is 0.574. The van der Waals surface area contributed by atoms with Gasteiger partial charge in [-0.1, -0.05) is 33.6 Å². The van der Waals surface area contributed by atoms with E-state index in [0.29, 0.717) is 12.0 Å². The first-order valence-corrected chi connectivity index (χ1v) is 4.55. The Morgan fingerprint density at radius 1 is 1.17 bits per heavy atom. The normalized spacial score (nSPS) is 11.2. The zero-order valence-corrected chi connectivity index (χ0v) is 8.35. The molecule has 12 heavy (non-hydrogen) atoms. The Bertz CT molecular complexity index is 113. The second-order valence-electron chi connectivity index (χ2n) is 4.30. The SMILES string of the molecule is CC(C)(C)CCCCCO[C]=O. The molecule has 0 unspecified atom stereocenters. The molecule has 0 heterocycles. The third-order valence-corrected chi connectivity index (χ3v) is 1.73. The van der Waals surface area contributed by atoms with E-state index in [9.17, 15) is 4.79 Å². The van der Waals surface area contributed by atoms with Gasteiger partial charge in [-0.2, -0.15) is 0 Å². The zero-order chi connectivity index (χ0) is 9.45. The van der Waals surface area contributed by atoms with Crippen molar-refractivity contribution in [2.75, 3.05) is 6.61 Å². The maximum atomic E-state index is 9.65. The van der Waals surface area contributed by atoms with Crippen LogP contribution in [0.4, 0.5) is 0 Å². The predicted molar refractivity (Wildman–Crippen MR) is 49.6 cm³/mol. The van der Waals surface area contributed by atoms with E-state index < -0.39 is 0 Å². The number of ether oxygens (including phenoxy) is 1. The lowest BCUT2D eigenvalue weighted by molar-refractivity contribution is 0.264. The first-order valence-electron chi connectivity index (χ1n) is 4.55. The van der Waals surface area contributed by atoms with Gasteiger partial charge in [0.05, 0.1) is 6.61 Å². The first kappa shape index (κ1) is 11.5. The number of hydrogen-bond acceptors (Lipinski definition) is 2. The van der Waals surface area contributed by atoms with Crippen LogP contribution in [0.2, 0.25) is 0 Å². The molecule has 0 saturated heterocycles. The molecule has 0 saturated carbocycles. The average Bonchev–Trinajstić information content (AvgIpc) is 1.94. The van der Waals surface area contributed by atoms with Gasteiger partial charge in [-0.05, 0) is 18.3 Å². The molecule has 0 aromatic rings. The zero-order valence-electron chi connectivity index (χ0n) is 8.35. The maximum absolute atomic E-state index is 9.65. The molecule has 0 aromatic carbocycles. The van der Waals surface area contributed by atoms with Gasteiger partial charge in [-0.3, -0.25) is 0 Å². The Morgan fingerprint density at radius 3 is 2.33 bits per heavy atom. The molecule has 0 aromatic heterocycles. The summed E-state index contributed by atoms with van der Waals surface area (Å²) in [6, 6.07) is 0. The summed E-state index contributed by atoms with van der Waals surface area (Å²) in [5.41, 5.74) is 0.428. The Kier molecular flexibility index (Phi) is 5.77. The van der Waals surface area contributed by atoms with Crippen LogP contribution < -0.4 is 0 Å². The van der Waals surface area contributed by atoms with Crippen LogP contribution in [0.5, 0.6) is 0 Å². The molecule has 71 valence electrons. The third kappa shape index (κ3) is 9.47. The number of hydrogen-bond donors (Lipinski definition) is 0. The van der Waals surface area contributed by atoms with Gasteiger partial charge in [0.25, 0.3) is 0 Å². The topological polar surface area (TPSA) is 26.3 Å². The minimum Gasteiger partial charge on any atom is -0.457 e. The van der Waals surface area contributed by atoms with E-state index in [0.717, 1.165) is 12.8 Å². The lowest BCUT2D eigenvalue weighted by atomic mass is 9.89. The van der Waals surface area contributed by atoms with Gasteiger partial charge in [-0.15, -0.1) is 0 Å². The molecule has 0 fully saturated rings. The van der Waals surface area contributed by atoms with Gasteiger partial charge in [0, 0.05) is 0 Å². The summed E-state index contributed by atoms with van der Waals surface area (Å²) in [7, 11) is 0. The minimum atomic E-state index is 0.428. The molecular weight excluding hydrogens is 152 g/mol. The molecule has 0 rings (SSSR count). The van der Waals surface area contributed by atoms with Gasteiger partial charge >= 0.3 is 6.47 Å². The van der Waals surface area contributed by atoms with E-state index in [4.69, 9.17) is 0 Å². The minimum absolute atomic E-state index is 0.428. The number of carbonyl (C=O) groups excluding carboxylic acids is 1. The summed E-state index contributed by atoms with van der Waals surface area (Å²) < 4.78 is 4.46. The molecule has 2 heteroatoms. The van der Waals surface area contributed by atoms with Crippen LogP contribution in [0, 0.1) is 5.41 Å². The van der Waals surface area contributed by atoms with Gasteiger partial charge in [0.2, 0.25) is 0 Å². The summed E-state index contributed by atoms with van der Waals surface area (Å²) in [5, 5.41) is 0. The van der Waals surface area contributed by atoms with Crippen molar-refractivity contribution in [1.29, 1.82) is 0 Å². The van der Waals surface area contributed by atoms with Crippen molar-refractivity contribution >= 4 is 6.47 Å². The van der Waals surface area contributed by atoms with E-state index in [-0.39, 0.29) is 0 Å². The van der Waals surface area contributed by atoms with Crippen LogP contribution in [-0.2, 0) is 9.53 Å². The van der Waals surface area contributed by atoms with E-state index in [2.05, 4.69) is 25.5 Å². The van der Waals surface area contributed by atoms with Crippen molar-refractivity contribution < 1.29 is 9.53 Å². The van der Waals surface area contributed by atoms with Gasteiger partial charge in [0.1, 0.15) is 0 Å². The summed E-state index contributed by atoms with van der Waals surface area (Å²) in [4.78, 5) is 9.65. The Morgan fingerprint density at radius 2 is 1.83 bits per heavy atom. The number of unbranched alkanes of at least 4 members (excludes halogenated alkanes) is 2. The van der Waals surface area contributed by atoms with Crippen LogP contribution in [0.15, 0.2) is 0 Å². The fourth-order valence-corrected chi connectivity index (χ4v) is 1.05. The summed E-state index contributed by atoms with van der Waals surface area (Å²) in [6.45, 7) is 8.66. The highest BCUT2D eigenvalue weighted by Crippen LogP contribution is 2.21. The molecule has 0 aliphatic heterocycles. The molecule has 0 atom stereocenters. The Hall–Kier alpha value is -0.530. The van der Waals surface area contributed by atoms with Crippen molar-refractivity contribution in [3.8, 4) is 0 Å². The van der Waals surface area contributed by atoms with Crippen LogP contribution in [0.1, 0.15) is 46.5 Å². The second-order valence-corrected chi connectivity index (χ2v) is 4.30. The van der Waals surface area contributed by atoms with Crippen LogP contribution >= 0.6 is 0 Å². The Labute approximate surface area is 75.3 Å². The molecule has 0 amide bonds. The van der Waals surface area contributed by atoms with Crippen molar-refractivity contribution in [2.24, 2.45) is 5.41 Å². The van der Waals surface area contributed by atoms with Gasteiger partial charge < -0.3 is 4.74 Å². The highest BCUT2D eigenvalue weighted by molar-refractivity contribution is 5.37. The standard InChI is InChI=1S/C10H19O2/c1-10(2,3)7-5-4-6-8-12-9-11/h4-8H2,1-3H3. The molecule has 0 spiro atoms. The molecule has 1 radical (unpaired) electrons. The van der Waals surface area contributed by atoms with E-state index >= 15 is 0 Å². The van der Waals surface area contributed by atoms with Crippen LogP contribution in [0.25, 0.3) is 0 Å². The van der Waals surface area contributed by atoms with Crippen LogP contribution in [-0.4, -0.2) is 13.1 Å². The maximum Gasteiger partial charge on any atom is 0.417 e. The van der Waals surface area contributed by atoms with Crippen molar-refractivity contribution in [1.82, 2.24) is 0 Å². The number of rotatable bonds is 6. The molecule has 0 aliphatic rings. The largest absolute Gasteiger partial charge is 0.457 e. The van der Waals surface area contributed by atoms with Crippen molar-refractivity contribution in [3.63, 3.8) is 0 Å². The lowest BCUT2D eigenvalue weighted by Gasteiger charge is -2.17. The highest BCUT2D eigenvalue weighted by atomic mass is 16.5. The molecule has 2 nitrogen and oxygen atoms in total. The summed E-state index contributed by atoms with van der Waals surface area (Å²) in [5.74, 6) is 0. The van der Waals surface area contributed by atoms with Crippen molar-refractivity contribution in [3.05, 3.63) is 0 Å². The molecule has 0 aliphatic carbocycles. The molecule has 0 bridgehead atoms. The predicted octanol–water partition coefficient (Wildman–Crippen LogP) is 2.68. The highest BCUT2D eigenvalue weighted by Gasteiger charge is 2.08. The summed E-state index contributed by atoms with van der Waals surface area (Å²) in [6.07, 6.45) is 4.55. The first-order chi connectivity index (χ1) is 5.56. The Balaban J connectivity index is 3.06. The molecule has 0 N–H and O–H groups in total. The fourth-order valence-electron chi connectivity index (χ4n) is 1.05.